The molecular weight excluding hydrogens is 214 g/mol. The number of carbonyl (C=O) groups is 1. The van der Waals surface area contributed by atoms with Crippen molar-refractivity contribution in [2.75, 3.05) is 27.2 Å². The highest BCUT2D eigenvalue weighted by Crippen LogP contribution is 2.36. The van der Waals surface area contributed by atoms with E-state index in [1.807, 2.05) is 32.8 Å². The Bertz CT molecular complexity index is 245. The van der Waals surface area contributed by atoms with Crippen molar-refractivity contribution in [3.63, 3.8) is 0 Å². The van der Waals surface area contributed by atoms with Crippen LogP contribution in [-0.4, -0.2) is 38.1 Å². The van der Waals surface area contributed by atoms with Gasteiger partial charge in [0.15, 0.2) is 0 Å². The number of hydrogen-bond donors (Lipinski definition) is 0. The highest BCUT2D eigenvalue weighted by atomic mass is 16.5. The van der Waals surface area contributed by atoms with E-state index in [4.69, 9.17) is 4.74 Å². The molecule has 0 radical (unpaired) electrons. The van der Waals surface area contributed by atoms with Gasteiger partial charge in [-0.05, 0) is 39.8 Å². The summed E-state index contributed by atoms with van der Waals surface area (Å²) in [7, 11) is 3.94. The second kappa shape index (κ2) is 6.39. The summed E-state index contributed by atoms with van der Waals surface area (Å²) in [5.74, 6) is -0.0825. The van der Waals surface area contributed by atoms with Crippen LogP contribution in [0, 0.1) is 10.8 Å². The first-order valence-corrected chi connectivity index (χ1v) is 6.43. The third-order valence-electron chi connectivity index (χ3n) is 3.20. The van der Waals surface area contributed by atoms with E-state index < -0.39 is 5.41 Å². The zero-order valence-electron chi connectivity index (χ0n) is 12.6. The van der Waals surface area contributed by atoms with Gasteiger partial charge in [0.2, 0.25) is 0 Å². The summed E-state index contributed by atoms with van der Waals surface area (Å²) in [5.41, 5.74) is -0.212. The average Bonchev–Trinajstić information content (AvgIpc) is 2.15. The zero-order valence-corrected chi connectivity index (χ0v) is 12.6. The van der Waals surface area contributed by atoms with E-state index in [-0.39, 0.29) is 11.4 Å². The summed E-state index contributed by atoms with van der Waals surface area (Å²) in [4.78, 5) is 14.0. The van der Waals surface area contributed by atoms with Gasteiger partial charge in [0.25, 0.3) is 0 Å². The van der Waals surface area contributed by atoms with Crippen LogP contribution in [-0.2, 0) is 9.53 Å². The van der Waals surface area contributed by atoms with Crippen LogP contribution in [0.3, 0.4) is 0 Å². The van der Waals surface area contributed by atoms with Gasteiger partial charge in [-0.15, -0.1) is 0 Å². The molecule has 17 heavy (non-hydrogen) atoms. The molecule has 0 fully saturated rings. The van der Waals surface area contributed by atoms with Crippen molar-refractivity contribution in [3.8, 4) is 0 Å². The summed E-state index contributed by atoms with van der Waals surface area (Å²) in [6, 6.07) is 0. The molecule has 0 aromatic heterocycles. The molecular formula is C14H29NO2. The van der Waals surface area contributed by atoms with Crippen LogP contribution in [0.5, 0.6) is 0 Å². The molecule has 0 bridgehead atoms. The fraction of sp³-hybridized carbons (Fsp3) is 0.929. The molecule has 0 N–H and O–H groups in total. The fourth-order valence-electron chi connectivity index (χ4n) is 1.91. The van der Waals surface area contributed by atoms with Gasteiger partial charge in [-0.25, -0.2) is 0 Å². The molecule has 102 valence electrons. The van der Waals surface area contributed by atoms with Crippen molar-refractivity contribution in [1.82, 2.24) is 4.90 Å². The minimum atomic E-state index is -0.397. The van der Waals surface area contributed by atoms with Crippen LogP contribution < -0.4 is 0 Å². The third-order valence-corrected chi connectivity index (χ3v) is 3.20. The Hall–Kier alpha value is -0.570. The Morgan fingerprint density at radius 2 is 1.71 bits per heavy atom. The molecule has 0 aliphatic heterocycles. The number of likely N-dealkylation sites (N-methyl/N-ethyl adjacent to an activating group) is 1. The van der Waals surface area contributed by atoms with E-state index in [0.717, 1.165) is 19.4 Å². The number of nitrogens with zero attached hydrogens (tertiary/aromatic N) is 1. The standard InChI is InChI=1S/C14H29NO2/c1-8-13(2,3)11-14(4,5)12(16)17-10-9-15(6)7/h8-11H2,1-7H3. The predicted molar refractivity (Wildman–Crippen MR) is 72.0 cm³/mol. The maximum atomic E-state index is 12.0. The first kappa shape index (κ1) is 16.4. The molecule has 0 aromatic rings. The molecule has 0 saturated heterocycles. The van der Waals surface area contributed by atoms with E-state index in [1.54, 1.807) is 0 Å². The Labute approximate surface area is 107 Å². The number of hydrogen-bond acceptors (Lipinski definition) is 3. The van der Waals surface area contributed by atoms with Crippen LogP contribution >= 0.6 is 0 Å². The molecule has 0 atom stereocenters. The van der Waals surface area contributed by atoms with E-state index >= 15 is 0 Å². The SMILES string of the molecule is CCC(C)(C)CC(C)(C)C(=O)OCCN(C)C. The number of esters is 1. The molecule has 0 amide bonds. The van der Waals surface area contributed by atoms with Gasteiger partial charge < -0.3 is 9.64 Å². The van der Waals surface area contributed by atoms with E-state index in [0.29, 0.717) is 6.61 Å². The lowest BCUT2D eigenvalue weighted by atomic mass is 9.74. The van der Waals surface area contributed by atoms with Gasteiger partial charge in [-0.3, -0.25) is 4.79 Å². The molecule has 0 rings (SSSR count). The highest BCUT2D eigenvalue weighted by molar-refractivity contribution is 5.75. The van der Waals surface area contributed by atoms with E-state index in [1.165, 1.54) is 0 Å². The van der Waals surface area contributed by atoms with Crippen molar-refractivity contribution in [3.05, 3.63) is 0 Å². The number of rotatable bonds is 7. The van der Waals surface area contributed by atoms with Crippen molar-refractivity contribution in [2.45, 2.75) is 47.5 Å². The van der Waals surface area contributed by atoms with Crippen LogP contribution in [0.25, 0.3) is 0 Å². The maximum absolute atomic E-state index is 12.0. The van der Waals surface area contributed by atoms with Crippen LogP contribution in [0.2, 0.25) is 0 Å². The van der Waals surface area contributed by atoms with Crippen LogP contribution in [0.1, 0.15) is 47.5 Å². The van der Waals surface area contributed by atoms with Crippen molar-refractivity contribution >= 4 is 5.97 Å². The molecule has 0 aliphatic rings. The second-order valence-electron chi connectivity index (χ2n) is 6.52. The van der Waals surface area contributed by atoms with Gasteiger partial charge in [0.1, 0.15) is 6.61 Å². The van der Waals surface area contributed by atoms with Crippen molar-refractivity contribution in [1.29, 1.82) is 0 Å². The minimum Gasteiger partial charge on any atom is -0.464 e. The molecule has 3 nitrogen and oxygen atoms in total. The summed E-state index contributed by atoms with van der Waals surface area (Å²) in [5, 5.41) is 0. The summed E-state index contributed by atoms with van der Waals surface area (Å²) in [6.07, 6.45) is 1.93. The molecule has 0 unspecified atom stereocenters. The lowest BCUT2D eigenvalue weighted by Gasteiger charge is -2.32. The molecule has 0 aliphatic carbocycles. The molecule has 0 aromatic carbocycles. The Morgan fingerprint density at radius 3 is 2.12 bits per heavy atom. The summed E-state index contributed by atoms with van der Waals surface area (Å²) >= 11 is 0. The first-order chi connectivity index (χ1) is 7.60. The molecule has 3 heteroatoms. The highest BCUT2D eigenvalue weighted by Gasteiger charge is 2.35. The Balaban J connectivity index is 4.25. The van der Waals surface area contributed by atoms with Gasteiger partial charge in [-0.1, -0.05) is 27.2 Å². The smallest absolute Gasteiger partial charge is 0.311 e. The molecule has 0 heterocycles. The third kappa shape index (κ3) is 6.67. The number of carbonyl (C=O) groups excluding carboxylic acids is 1. The van der Waals surface area contributed by atoms with Gasteiger partial charge in [-0.2, -0.15) is 0 Å². The van der Waals surface area contributed by atoms with Crippen LogP contribution in [0.15, 0.2) is 0 Å². The van der Waals surface area contributed by atoms with Crippen LogP contribution in [0.4, 0.5) is 0 Å². The predicted octanol–water partition coefficient (Wildman–Crippen LogP) is 2.94. The van der Waals surface area contributed by atoms with Gasteiger partial charge >= 0.3 is 5.97 Å². The van der Waals surface area contributed by atoms with E-state index in [9.17, 15) is 4.79 Å². The van der Waals surface area contributed by atoms with Crippen molar-refractivity contribution < 1.29 is 9.53 Å². The zero-order chi connectivity index (χ0) is 13.7. The minimum absolute atomic E-state index is 0.0825. The second-order valence-corrected chi connectivity index (χ2v) is 6.52. The largest absolute Gasteiger partial charge is 0.464 e. The monoisotopic (exact) mass is 243 g/mol. The lowest BCUT2D eigenvalue weighted by molar-refractivity contribution is -0.156. The topological polar surface area (TPSA) is 29.5 Å². The van der Waals surface area contributed by atoms with Gasteiger partial charge in [0.05, 0.1) is 5.41 Å². The number of ether oxygens (including phenoxy) is 1. The fourth-order valence-corrected chi connectivity index (χ4v) is 1.91. The van der Waals surface area contributed by atoms with Gasteiger partial charge in [0, 0.05) is 6.54 Å². The summed E-state index contributed by atoms with van der Waals surface area (Å²) in [6.45, 7) is 11.8. The Morgan fingerprint density at radius 1 is 1.18 bits per heavy atom. The Kier molecular flexibility index (Phi) is 6.17. The molecule has 0 saturated carbocycles. The average molecular weight is 243 g/mol. The van der Waals surface area contributed by atoms with Crippen molar-refractivity contribution in [2.24, 2.45) is 10.8 Å². The van der Waals surface area contributed by atoms with E-state index in [2.05, 4.69) is 20.8 Å². The first-order valence-electron chi connectivity index (χ1n) is 6.43. The lowest BCUT2D eigenvalue weighted by Crippen LogP contribution is -2.33. The normalized spacial score (nSPS) is 12.9. The maximum Gasteiger partial charge on any atom is 0.311 e. The summed E-state index contributed by atoms with van der Waals surface area (Å²) < 4.78 is 5.33. The molecule has 0 spiro atoms. The quantitative estimate of drug-likeness (QED) is 0.644.